The van der Waals surface area contributed by atoms with E-state index in [0.29, 0.717) is 0 Å². The largest absolute Gasteiger partial charge is 0.456 e. The van der Waals surface area contributed by atoms with Gasteiger partial charge >= 0.3 is 11.9 Å². The van der Waals surface area contributed by atoms with E-state index in [1.54, 1.807) is 6.92 Å². The maximum Gasteiger partial charge on any atom is 0.303 e. The number of esters is 2. The molecule has 1 unspecified atom stereocenters. The third kappa shape index (κ3) is 3.64. The van der Waals surface area contributed by atoms with Crippen molar-refractivity contribution >= 4 is 27.9 Å². The van der Waals surface area contributed by atoms with Crippen molar-refractivity contribution in [2.45, 2.75) is 50.3 Å². The van der Waals surface area contributed by atoms with Crippen molar-refractivity contribution < 1.29 is 28.2 Å². The first-order valence-corrected chi connectivity index (χ1v) is 6.02. The van der Waals surface area contributed by atoms with Gasteiger partial charge in [0, 0.05) is 13.8 Å². The van der Waals surface area contributed by atoms with E-state index < -0.39 is 41.4 Å². The zero-order valence-corrected chi connectivity index (χ0v) is 11.3. The summed E-state index contributed by atoms with van der Waals surface area (Å²) in [4.78, 5) is 21.8. The van der Waals surface area contributed by atoms with E-state index in [9.17, 15) is 14.0 Å². The van der Waals surface area contributed by atoms with Crippen LogP contribution in [0.2, 0.25) is 0 Å². The SMILES string of the molecule is CC(=O)O[C@H]1[C@@H](F)[C@H](Br)OC(C)[C@H]1OC(C)=O. The summed E-state index contributed by atoms with van der Waals surface area (Å²) >= 11 is 2.99. The molecular weight excluding hydrogens is 299 g/mol. The first-order chi connectivity index (χ1) is 7.82. The highest BCUT2D eigenvalue weighted by Crippen LogP contribution is 2.30. The Hall–Kier alpha value is -0.690. The molecule has 0 radical (unpaired) electrons. The average Bonchev–Trinajstić information content (AvgIpc) is 2.19. The Labute approximate surface area is 107 Å². The fourth-order valence-electron chi connectivity index (χ4n) is 1.63. The van der Waals surface area contributed by atoms with Gasteiger partial charge in [-0.15, -0.1) is 0 Å². The zero-order valence-electron chi connectivity index (χ0n) is 9.68. The Bertz CT molecular complexity index is 311. The third-order valence-corrected chi connectivity index (χ3v) is 3.02. The molecule has 0 spiro atoms. The second-order valence-electron chi connectivity index (χ2n) is 3.78. The van der Waals surface area contributed by atoms with Crippen molar-refractivity contribution in [1.29, 1.82) is 0 Å². The molecule has 7 heteroatoms. The van der Waals surface area contributed by atoms with Gasteiger partial charge < -0.3 is 14.2 Å². The summed E-state index contributed by atoms with van der Waals surface area (Å²) in [5.74, 6) is -1.22. The van der Waals surface area contributed by atoms with Crippen molar-refractivity contribution in [2.75, 3.05) is 0 Å². The van der Waals surface area contributed by atoms with Crippen LogP contribution in [0.1, 0.15) is 20.8 Å². The van der Waals surface area contributed by atoms with Crippen LogP contribution in [0.15, 0.2) is 0 Å². The Kier molecular flexibility index (Phi) is 4.88. The fraction of sp³-hybridized carbons (Fsp3) is 0.800. The molecule has 1 aliphatic rings. The number of ether oxygens (including phenoxy) is 3. The van der Waals surface area contributed by atoms with E-state index in [0.717, 1.165) is 0 Å². The molecule has 1 rings (SSSR count). The normalized spacial score (nSPS) is 37.4. The standard InChI is InChI=1S/C10H14BrFO5/c1-4-8(16-5(2)13)9(17-6(3)14)7(12)10(11)15-4/h4,7-10H,1-3H3/t4?,7-,8-,9+,10-/m1/s1. The molecule has 0 aromatic rings. The van der Waals surface area contributed by atoms with Crippen molar-refractivity contribution in [3.05, 3.63) is 0 Å². The lowest BCUT2D eigenvalue weighted by molar-refractivity contribution is -0.209. The minimum absolute atomic E-state index is 0.570. The van der Waals surface area contributed by atoms with Gasteiger partial charge in [0.25, 0.3) is 0 Å². The van der Waals surface area contributed by atoms with Crippen LogP contribution in [-0.2, 0) is 23.8 Å². The van der Waals surface area contributed by atoms with Gasteiger partial charge in [-0.05, 0) is 6.92 Å². The third-order valence-electron chi connectivity index (χ3n) is 2.30. The maximum atomic E-state index is 13.8. The molecule has 0 aromatic carbocycles. The van der Waals surface area contributed by atoms with Gasteiger partial charge in [0.1, 0.15) is 5.01 Å². The molecule has 0 saturated carbocycles. The molecular formula is C10H14BrFO5. The van der Waals surface area contributed by atoms with E-state index in [2.05, 4.69) is 15.9 Å². The highest BCUT2D eigenvalue weighted by Gasteiger charge is 2.47. The summed E-state index contributed by atoms with van der Waals surface area (Å²) in [5.41, 5.74) is 0. The van der Waals surface area contributed by atoms with Crippen molar-refractivity contribution in [3.8, 4) is 0 Å². The molecule has 1 heterocycles. The van der Waals surface area contributed by atoms with E-state index in [-0.39, 0.29) is 0 Å². The number of carbonyl (C=O) groups excluding carboxylic acids is 2. The second-order valence-corrected chi connectivity index (χ2v) is 4.69. The van der Waals surface area contributed by atoms with Crippen LogP contribution in [0.4, 0.5) is 4.39 Å². The Balaban J connectivity index is 2.86. The lowest BCUT2D eigenvalue weighted by Gasteiger charge is -2.39. The van der Waals surface area contributed by atoms with Gasteiger partial charge in [-0.2, -0.15) is 0 Å². The van der Waals surface area contributed by atoms with Gasteiger partial charge in [0.15, 0.2) is 18.4 Å². The minimum Gasteiger partial charge on any atom is -0.456 e. The summed E-state index contributed by atoms with van der Waals surface area (Å²) in [6.07, 6.45) is -4.27. The van der Waals surface area contributed by atoms with Crippen molar-refractivity contribution in [3.63, 3.8) is 0 Å². The molecule has 5 atom stereocenters. The van der Waals surface area contributed by atoms with Crippen molar-refractivity contribution in [2.24, 2.45) is 0 Å². The number of hydrogen-bond acceptors (Lipinski definition) is 5. The molecule has 1 aliphatic heterocycles. The number of halogens is 2. The number of alkyl halides is 2. The van der Waals surface area contributed by atoms with Crippen LogP contribution in [0, 0.1) is 0 Å². The first-order valence-electron chi connectivity index (χ1n) is 5.11. The zero-order chi connectivity index (χ0) is 13.2. The first kappa shape index (κ1) is 14.4. The topological polar surface area (TPSA) is 61.8 Å². The van der Waals surface area contributed by atoms with Gasteiger partial charge in [-0.25, -0.2) is 4.39 Å². The molecule has 0 aliphatic carbocycles. The van der Waals surface area contributed by atoms with Gasteiger partial charge in [0.05, 0.1) is 6.10 Å². The predicted molar refractivity (Wildman–Crippen MR) is 59.3 cm³/mol. The molecule has 1 fully saturated rings. The molecule has 98 valence electrons. The van der Waals surface area contributed by atoms with E-state index in [4.69, 9.17) is 14.2 Å². The molecule has 0 aromatic heterocycles. The second kappa shape index (κ2) is 5.77. The highest BCUT2D eigenvalue weighted by molar-refractivity contribution is 9.09. The smallest absolute Gasteiger partial charge is 0.303 e. The molecule has 0 amide bonds. The lowest BCUT2D eigenvalue weighted by Crippen LogP contribution is -2.56. The molecule has 17 heavy (non-hydrogen) atoms. The maximum absolute atomic E-state index is 13.8. The molecule has 0 bridgehead atoms. The molecule has 1 saturated heterocycles. The lowest BCUT2D eigenvalue weighted by atomic mass is 10.0. The van der Waals surface area contributed by atoms with Crippen LogP contribution in [0.5, 0.6) is 0 Å². The summed E-state index contributed by atoms with van der Waals surface area (Å²) < 4.78 is 28.8. The van der Waals surface area contributed by atoms with E-state index >= 15 is 0 Å². The highest BCUT2D eigenvalue weighted by atomic mass is 79.9. The van der Waals surface area contributed by atoms with Gasteiger partial charge in [-0.3, -0.25) is 9.59 Å². The Morgan fingerprint density at radius 2 is 1.65 bits per heavy atom. The van der Waals surface area contributed by atoms with Gasteiger partial charge in [0.2, 0.25) is 0 Å². The van der Waals surface area contributed by atoms with Gasteiger partial charge in [-0.1, -0.05) is 15.9 Å². The predicted octanol–water partition coefficient (Wildman–Crippen LogP) is 1.33. The number of carbonyl (C=O) groups is 2. The monoisotopic (exact) mass is 312 g/mol. The summed E-state index contributed by atoms with van der Waals surface area (Å²) in [5, 5.41) is -0.895. The number of rotatable bonds is 2. The van der Waals surface area contributed by atoms with Crippen LogP contribution in [-0.4, -0.2) is 41.4 Å². The van der Waals surface area contributed by atoms with Crippen LogP contribution in [0.3, 0.4) is 0 Å². The van der Waals surface area contributed by atoms with Crippen LogP contribution in [0.25, 0.3) is 0 Å². The Morgan fingerprint density at radius 1 is 1.18 bits per heavy atom. The summed E-state index contributed by atoms with van der Waals surface area (Å²) in [6.45, 7) is 3.98. The van der Waals surface area contributed by atoms with E-state index in [1.807, 2.05) is 0 Å². The Morgan fingerprint density at radius 3 is 2.12 bits per heavy atom. The molecule has 0 N–H and O–H groups in total. The van der Waals surface area contributed by atoms with E-state index in [1.165, 1.54) is 13.8 Å². The quantitative estimate of drug-likeness (QED) is 0.568. The summed E-state index contributed by atoms with van der Waals surface area (Å²) in [6, 6.07) is 0. The van der Waals surface area contributed by atoms with Crippen LogP contribution >= 0.6 is 15.9 Å². The average molecular weight is 313 g/mol. The fourth-order valence-corrected chi connectivity index (χ4v) is 2.27. The van der Waals surface area contributed by atoms with Crippen molar-refractivity contribution in [1.82, 2.24) is 0 Å². The van der Waals surface area contributed by atoms with Crippen LogP contribution < -0.4 is 0 Å². The molecule has 5 nitrogen and oxygen atoms in total. The number of hydrogen-bond donors (Lipinski definition) is 0. The minimum atomic E-state index is -1.60. The summed E-state index contributed by atoms with van der Waals surface area (Å²) in [7, 11) is 0.